The van der Waals surface area contributed by atoms with Gasteiger partial charge in [0, 0.05) is 30.6 Å². The number of benzene rings is 3. The number of para-hydroxylation sites is 2. The fourth-order valence-electron chi connectivity index (χ4n) is 4.30. The van der Waals surface area contributed by atoms with Gasteiger partial charge in [-0.05, 0) is 54.1 Å². The summed E-state index contributed by atoms with van der Waals surface area (Å²) < 4.78 is 17.0. The van der Waals surface area contributed by atoms with Gasteiger partial charge in [0.2, 0.25) is 0 Å². The van der Waals surface area contributed by atoms with E-state index in [1.807, 2.05) is 12.1 Å². The van der Waals surface area contributed by atoms with Gasteiger partial charge in [0.15, 0.2) is 5.76 Å². The smallest absolute Gasteiger partial charge is 0.287 e. The van der Waals surface area contributed by atoms with Crippen molar-refractivity contribution >= 4 is 34.2 Å². The van der Waals surface area contributed by atoms with Gasteiger partial charge in [-0.25, -0.2) is 0 Å². The average Bonchev–Trinajstić information content (AvgIpc) is 3.39. The third-order valence-electron chi connectivity index (χ3n) is 6.36. The molecule has 0 radical (unpaired) electrons. The van der Waals surface area contributed by atoms with Crippen molar-refractivity contribution in [2.75, 3.05) is 50.5 Å². The van der Waals surface area contributed by atoms with E-state index in [0.29, 0.717) is 34.8 Å². The molecule has 1 fully saturated rings. The van der Waals surface area contributed by atoms with Crippen LogP contribution in [0.5, 0.6) is 5.75 Å². The van der Waals surface area contributed by atoms with Crippen LogP contribution < -0.4 is 21.1 Å². The Morgan fingerprint density at radius 2 is 1.74 bits per heavy atom. The van der Waals surface area contributed by atoms with Crippen LogP contribution in [-0.4, -0.2) is 56.2 Å². The predicted octanol–water partition coefficient (Wildman–Crippen LogP) is 3.91. The maximum absolute atomic E-state index is 12.7. The highest BCUT2D eigenvalue weighted by molar-refractivity contribution is 6.05. The van der Waals surface area contributed by atoms with E-state index in [1.54, 1.807) is 54.6 Å². The van der Waals surface area contributed by atoms with Crippen LogP contribution in [0.2, 0.25) is 0 Å². The Morgan fingerprint density at radius 1 is 0.947 bits per heavy atom. The summed E-state index contributed by atoms with van der Waals surface area (Å²) in [7, 11) is 0. The van der Waals surface area contributed by atoms with Gasteiger partial charge >= 0.3 is 0 Å². The third kappa shape index (κ3) is 6.13. The van der Waals surface area contributed by atoms with E-state index < -0.39 is 0 Å². The lowest BCUT2D eigenvalue weighted by molar-refractivity contribution is 0.0343. The summed E-state index contributed by atoms with van der Waals surface area (Å²) in [5.41, 5.74) is 9.24. The summed E-state index contributed by atoms with van der Waals surface area (Å²) >= 11 is 0. The number of hydrogen-bond acceptors (Lipinski definition) is 7. The number of rotatable bonds is 9. The van der Waals surface area contributed by atoms with E-state index >= 15 is 0 Å². The minimum atomic E-state index is -0.297. The summed E-state index contributed by atoms with van der Waals surface area (Å²) in [6, 6.07) is 21.5. The zero-order chi connectivity index (χ0) is 26.3. The Balaban J connectivity index is 1.11. The summed E-state index contributed by atoms with van der Waals surface area (Å²) in [5.74, 6) is 0.297. The zero-order valence-electron chi connectivity index (χ0n) is 20.9. The van der Waals surface area contributed by atoms with Crippen molar-refractivity contribution in [3.8, 4) is 5.75 Å². The highest BCUT2D eigenvalue weighted by Gasteiger charge is 2.17. The van der Waals surface area contributed by atoms with E-state index in [0.717, 1.165) is 43.8 Å². The van der Waals surface area contributed by atoms with Gasteiger partial charge in [-0.1, -0.05) is 24.3 Å². The molecule has 9 heteroatoms. The molecule has 2 heterocycles. The summed E-state index contributed by atoms with van der Waals surface area (Å²) in [5, 5.41) is 6.57. The molecule has 196 valence electrons. The van der Waals surface area contributed by atoms with Gasteiger partial charge in [-0.2, -0.15) is 0 Å². The van der Waals surface area contributed by atoms with Gasteiger partial charge < -0.3 is 30.3 Å². The van der Waals surface area contributed by atoms with E-state index in [9.17, 15) is 9.59 Å². The minimum Gasteiger partial charge on any atom is -0.492 e. The van der Waals surface area contributed by atoms with E-state index in [2.05, 4.69) is 21.6 Å². The highest BCUT2D eigenvalue weighted by Crippen LogP contribution is 2.25. The maximum Gasteiger partial charge on any atom is 0.287 e. The Labute approximate surface area is 220 Å². The molecule has 0 aliphatic carbocycles. The molecule has 0 atom stereocenters. The van der Waals surface area contributed by atoms with Gasteiger partial charge in [-0.15, -0.1) is 0 Å². The number of anilines is 2. The molecule has 5 rings (SSSR count). The first kappa shape index (κ1) is 25.3. The van der Waals surface area contributed by atoms with Crippen molar-refractivity contribution < 1.29 is 23.5 Å². The number of fused-ring (bicyclic) bond motifs is 1. The molecule has 0 bridgehead atoms. The molecule has 0 spiro atoms. The molecule has 3 aromatic carbocycles. The fraction of sp³-hybridized carbons (Fsp3) is 0.241. The number of hydrogen-bond donors (Lipinski definition) is 3. The molecule has 1 aromatic heterocycles. The molecule has 4 aromatic rings. The van der Waals surface area contributed by atoms with Crippen molar-refractivity contribution in [3.63, 3.8) is 0 Å². The van der Waals surface area contributed by atoms with Crippen molar-refractivity contribution in [1.82, 2.24) is 10.2 Å². The van der Waals surface area contributed by atoms with Crippen molar-refractivity contribution in [2.24, 2.45) is 0 Å². The monoisotopic (exact) mass is 514 g/mol. The first-order valence-corrected chi connectivity index (χ1v) is 12.6. The van der Waals surface area contributed by atoms with Crippen LogP contribution in [0.15, 0.2) is 77.2 Å². The number of carbonyl (C=O) groups is 2. The molecular formula is C29H30N4O5. The maximum atomic E-state index is 12.7. The van der Waals surface area contributed by atoms with Crippen LogP contribution in [0, 0.1) is 0 Å². The second kappa shape index (κ2) is 11.8. The molecule has 0 saturated carbocycles. The van der Waals surface area contributed by atoms with Crippen LogP contribution in [0.3, 0.4) is 0 Å². The lowest BCUT2D eigenvalue weighted by atomic mass is 10.1. The summed E-state index contributed by atoms with van der Waals surface area (Å²) in [4.78, 5) is 27.5. The Morgan fingerprint density at radius 3 is 2.53 bits per heavy atom. The van der Waals surface area contributed by atoms with Gasteiger partial charge in [-0.3, -0.25) is 14.5 Å². The topological polar surface area (TPSA) is 119 Å². The van der Waals surface area contributed by atoms with Crippen LogP contribution >= 0.6 is 0 Å². The normalized spacial score (nSPS) is 13.8. The van der Waals surface area contributed by atoms with Crippen LogP contribution in [-0.2, 0) is 11.3 Å². The molecule has 1 aliphatic heterocycles. The second-order valence-electron chi connectivity index (χ2n) is 9.00. The Bertz CT molecular complexity index is 1410. The number of furan rings is 1. The number of nitrogen functional groups attached to an aromatic ring is 1. The molecule has 1 saturated heterocycles. The number of amides is 2. The number of nitrogens with zero attached hydrogens (tertiary/aromatic N) is 1. The van der Waals surface area contributed by atoms with Gasteiger partial charge in [0.05, 0.1) is 31.1 Å². The van der Waals surface area contributed by atoms with Gasteiger partial charge in [0.25, 0.3) is 11.8 Å². The number of nitrogens with one attached hydrogen (secondary N) is 2. The minimum absolute atomic E-state index is 0.263. The lowest BCUT2D eigenvalue weighted by Crippen LogP contribution is -2.35. The number of nitrogens with two attached hydrogens (primary N) is 1. The molecular weight excluding hydrogens is 484 g/mol. The molecule has 0 unspecified atom stereocenters. The summed E-state index contributed by atoms with van der Waals surface area (Å²) in [6.45, 7) is 4.60. The standard InChI is InChI=1S/C29H30N4O5/c30-24-5-1-2-6-25(24)32-28(34)20-8-10-22(11-9-20)37-15-12-31-29(35)27-18-23-21(4-3-7-26(23)38-27)19-33-13-16-36-17-14-33/h1-11,18H,12-17,19,30H2,(H,31,35)(H,32,34). The largest absolute Gasteiger partial charge is 0.492 e. The van der Waals surface area contributed by atoms with Crippen molar-refractivity contribution in [2.45, 2.75) is 6.54 Å². The quantitative estimate of drug-likeness (QED) is 0.229. The van der Waals surface area contributed by atoms with Gasteiger partial charge in [0.1, 0.15) is 17.9 Å². The first-order valence-electron chi connectivity index (χ1n) is 12.6. The second-order valence-corrected chi connectivity index (χ2v) is 9.00. The highest BCUT2D eigenvalue weighted by atomic mass is 16.5. The lowest BCUT2D eigenvalue weighted by Gasteiger charge is -2.26. The van der Waals surface area contributed by atoms with Crippen molar-refractivity contribution in [1.29, 1.82) is 0 Å². The molecule has 1 aliphatic rings. The first-order chi connectivity index (χ1) is 18.6. The zero-order valence-corrected chi connectivity index (χ0v) is 20.9. The van der Waals surface area contributed by atoms with Crippen LogP contribution in [0.25, 0.3) is 11.0 Å². The van der Waals surface area contributed by atoms with Crippen molar-refractivity contribution in [3.05, 3.63) is 89.7 Å². The van der Waals surface area contributed by atoms with E-state index in [1.165, 1.54) is 0 Å². The summed E-state index contributed by atoms with van der Waals surface area (Å²) in [6.07, 6.45) is 0. The van der Waals surface area contributed by atoms with Crippen LogP contribution in [0.4, 0.5) is 11.4 Å². The average molecular weight is 515 g/mol. The molecule has 38 heavy (non-hydrogen) atoms. The van der Waals surface area contributed by atoms with Crippen LogP contribution in [0.1, 0.15) is 26.5 Å². The molecule has 9 nitrogen and oxygen atoms in total. The third-order valence-corrected chi connectivity index (χ3v) is 6.36. The number of morpholine rings is 1. The molecule has 2 amide bonds. The number of carbonyl (C=O) groups excluding carboxylic acids is 2. The predicted molar refractivity (Wildman–Crippen MR) is 145 cm³/mol. The van der Waals surface area contributed by atoms with E-state index in [-0.39, 0.29) is 24.2 Å². The fourth-order valence-corrected chi connectivity index (χ4v) is 4.30. The number of ether oxygens (including phenoxy) is 2. The Hall–Kier alpha value is -4.34. The Kier molecular flexibility index (Phi) is 7.86. The molecule has 4 N–H and O–H groups in total. The van der Waals surface area contributed by atoms with E-state index in [4.69, 9.17) is 19.6 Å². The SMILES string of the molecule is Nc1ccccc1NC(=O)c1ccc(OCCNC(=O)c2cc3c(CN4CCOCC4)cccc3o2)cc1.